The van der Waals surface area contributed by atoms with Gasteiger partial charge in [0.25, 0.3) is 15.2 Å². The summed E-state index contributed by atoms with van der Waals surface area (Å²) in [7, 11) is -1.06. The summed E-state index contributed by atoms with van der Waals surface area (Å²) in [6.07, 6.45) is 4.12. The first-order valence-electron chi connectivity index (χ1n) is 8.77. The van der Waals surface area contributed by atoms with Gasteiger partial charge >= 0.3 is 0 Å². The molecular formula is C14H28N6O2P2. The molecule has 8 nitrogen and oxygen atoms in total. The third-order valence-corrected chi connectivity index (χ3v) is 11.6. The van der Waals surface area contributed by atoms with Crippen molar-refractivity contribution in [3.05, 3.63) is 12.2 Å². The van der Waals surface area contributed by atoms with Gasteiger partial charge in [-0.1, -0.05) is 12.2 Å². The van der Waals surface area contributed by atoms with E-state index in [1.54, 1.807) is 0 Å². The van der Waals surface area contributed by atoms with Gasteiger partial charge in [-0.3, -0.25) is 9.13 Å². The molecule has 0 amide bonds. The maximum atomic E-state index is 13.2. The van der Waals surface area contributed by atoms with Crippen LogP contribution in [0.1, 0.15) is 0 Å². The van der Waals surface area contributed by atoms with Crippen LogP contribution in [-0.2, 0) is 9.13 Å². The van der Waals surface area contributed by atoms with Crippen LogP contribution in [0.5, 0.6) is 0 Å². The number of rotatable bonds is 10. The molecule has 0 N–H and O–H groups in total. The second kappa shape index (κ2) is 6.29. The lowest BCUT2D eigenvalue weighted by molar-refractivity contribution is 0.423. The highest BCUT2D eigenvalue weighted by Crippen LogP contribution is 2.62. The molecule has 136 valence electrons. The van der Waals surface area contributed by atoms with Gasteiger partial charge in [-0.15, -0.1) is 0 Å². The summed E-state index contributed by atoms with van der Waals surface area (Å²) in [4.78, 5) is 0. The minimum Gasteiger partial charge on any atom is -0.270 e. The van der Waals surface area contributed by atoms with Crippen LogP contribution in [0.25, 0.3) is 0 Å². The monoisotopic (exact) mass is 374 g/mol. The van der Waals surface area contributed by atoms with E-state index in [9.17, 15) is 9.13 Å². The van der Waals surface area contributed by atoms with Gasteiger partial charge < -0.3 is 0 Å². The van der Waals surface area contributed by atoms with E-state index in [0.717, 1.165) is 52.4 Å². The lowest BCUT2D eigenvalue weighted by Crippen LogP contribution is -2.25. The van der Waals surface area contributed by atoms with Crippen molar-refractivity contribution >= 4 is 15.2 Å². The number of likely N-dealkylation sites (N-methyl/N-ethyl adjacent to an activating group) is 2. The summed E-state index contributed by atoms with van der Waals surface area (Å²) in [6, 6.07) is 0. The topological polar surface area (TPSA) is 52.7 Å². The SMILES string of the molecule is CN(CC=CCN(C)P(=O)(N1CC1)N1CC1)P(=O)(N1CC1)N1CC1. The largest absolute Gasteiger partial charge is 0.287 e. The first-order valence-corrected chi connectivity index (χ1v) is 11.9. The smallest absolute Gasteiger partial charge is 0.270 e. The van der Waals surface area contributed by atoms with E-state index in [2.05, 4.69) is 30.8 Å². The first-order chi connectivity index (χ1) is 11.5. The minimum atomic E-state index is -2.48. The van der Waals surface area contributed by atoms with Gasteiger partial charge in [0, 0.05) is 65.4 Å². The van der Waals surface area contributed by atoms with Crippen LogP contribution in [-0.4, -0.2) is 108 Å². The molecule has 4 heterocycles. The lowest BCUT2D eigenvalue weighted by atomic mass is 10.5. The van der Waals surface area contributed by atoms with E-state index in [-0.39, 0.29) is 0 Å². The van der Waals surface area contributed by atoms with Crippen molar-refractivity contribution in [3.8, 4) is 0 Å². The van der Waals surface area contributed by atoms with E-state index in [1.165, 1.54) is 0 Å². The molecule has 10 heteroatoms. The van der Waals surface area contributed by atoms with E-state index >= 15 is 0 Å². The second-order valence-corrected chi connectivity index (χ2v) is 12.7. The Kier molecular flexibility index (Phi) is 4.55. The fraction of sp³-hybridized carbons (Fsp3) is 0.857. The summed E-state index contributed by atoms with van der Waals surface area (Å²) in [5, 5.41) is 0. The molecule has 0 radical (unpaired) electrons. The predicted molar refractivity (Wildman–Crippen MR) is 95.9 cm³/mol. The zero-order chi connectivity index (χ0) is 16.9. The Morgan fingerprint density at radius 1 is 0.667 bits per heavy atom. The highest BCUT2D eigenvalue weighted by molar-refractivity contribution is 7.57. The van der Waals surface area contributed by atoms with Gasteiger partial charge in [0.1, 0.15) is 0 Å². The van der Waals surface area contributed by atoms with Crippen molar-refractivity contribution in [2.24, 2.45) is 0 Å². The minimum absolute atomic E-state index is 0.663. The summed E-state index contributed by atoms with van der Waals surface area (Å²) in [5.41, 5.74) is 0. The van der Waals surface area contributed by atoms with Crippen LogP contribution in [0.4, 0.5) is 0 Å². The summed E-state index contributed by atoms with van der Waals surface area (Å²) < 4.78 is 38.7. The first kappa shape index (κ1) is 17.4. The summed E-state index contributed by atoms with van der Waals surface area (Å²) >= 11 is 0. The average molecular weight is 374 g/mol. The normalized spacial score (nSPS) is 26.0. The van der Waals surface area contributed by atoms with Gasteiger partial charge in [0.2, 0.25) is 0 Å². The van der Waals surface area contributed by atoms with E-state index in [0.29, 0.717) is 13.1 Å². The van der Waals surface area contributed by atoms with Crippen molar-refractivity contribution in [2.75, 3.05) is 79.5 Å². The molecule has 0 saturated carbocycles. The molecule has 0 aromatic rings. The van der Waals surface area contributed by atoms with Crippen LogP contribution in [0.3, 0.4) is 0 Å². The summed E-state index contributed by atoms with van der Waals surface area (Å²) in [5.74, 6) is 0. The van der Waals surface area contributed by atoms with Crippen LogP contribution in [0, 0.1) is 0 Å². The maximum Gasteiger partial charge on any atom is 0.287 e. The molecule has 4 aliphatic heterocycles. The van der Waals surface area contributed by atoms with Crippen LogP contribution in [0.2, 0.25) is 0 Å². The molecule has 0 aromatic carbocycles. The molecule has 0 aromatic heterocycles. The Balaban J connectivity index is 1.31. The molecule has 0 bridgehead atoms. The van der Waals surface area contributed by atoms with Crippen LogP contribution >= 0.6 is 15.2 Å². The van der Waals surface area contributed by atoms with Crippen molar-refractivity contribution in [1.82, 2.24) is 28.0 Å². The molecule has 4 saturated heterocycles. The molecular weight excluding hydrogens is 346 g/mol. The van der Waals surface area contributed by atoms with Gasteiger partial charge in [0.05, 0.1) is 0 Å². The van der Waals surface area contributed by atoms with E-state index in [4.69, 9.17) is 0 Å². The highest BCUT2D eigenvalue weighted by Gasteiger charge is 2.51. The molecule has 4 rings (SSSR count). The molecule has 0 spiro atoms. The Morgan fingerprint density at radius 3 is 1.12 bits per heavy atom. The molecule has 0 aliphatic carbocycles. The highest BCUT2D eigenvalue weighted by atomic mass is 31.2. The van der Waals surface area contributed by atoms with Gasteiger partial charge in [0.15, 0.2) is 0 Å². The maximum absolute atomic E-state index is 13.2. The van der Waals surface area contributed by atoms with E-state index < -0.39 is 15.2 Å². The van der Waals surface area contributed by atoms with Gasteiger partial charge in [-0.25, -0.2) is 28.0 Å². The van der Waals surface area contributed by atoms with Crippen molar-refractivity contribution in [3.63, 3.8) is 0 Å². The number of hydrogen-bond acceptors (Lipinski definition) is 2. The van der Waals surface area contributed by atoms with Crippen molar-refractivity contribution < 1.29 is 9.13 Å². The number of nitrogens with zero attached hydrogens (tertiary/aromatic N) is 6. The average Bonchev–Trinajstić information content (AvgIpc) is 3.39. The zero-order valence-electron chi connectivity index (χ0n) is 14.6. The predicted octanol–water partition coefficient (Wildman–Crippen LogP) is 0.885. The fourth-order valence-corrected chi connectivity index (χ4v) is 8.61. The fourth-order valence-electron chi connectivity index (χ4n) is 3.11. The van der Waals surface area contributed by atoms with Crippen molar-refractivity contribution in [1.29, 1.82) is 0 Å². The third kappa shape index (κ3) is 3.19. The van der Waals surface area contributed by atoms with Crippen molar-refractivity contribution in [2.45, 2.75) is 0 Å². The van der Waals surface area contributed by atoms with Gasteiger partial charge in [-0.05, 0) is 14.1 Å². The molecule has 4 fully saturated rings. The van der Waals surface area contributed by atoms with Crippen LogP contribution in [0.15, 0.2) is 12.2 Å². The molecule has 4 aliphatic rings. The Bertz CT molecular complexity index is 528. The second-order valence-electron chi connectivity index (χ2n) is 6.99. The Labute approximate surface area is 144 Å². The summed E-state index contributed by atoms with van der Waals surface area (Å²) in [6.45, 7) is 8.88. The molecule has 0 atom stereocenters. The molecule has 0 unspecified atom stereocenters. The zero-order valence-corrected chi connectivity index (χ0v) is 16.4. The van der Waals surface area contributed by atoms with Crippen LogP contribution < -0.4 is 0 Å². The molecule has 24 heavy (non-hydrogen) atoms. The number of hydrogen-bond donors (Lipinski definition) is 0. The Hall–Kier alpha value is -0.0400. The Morgan fingerprint density at radius 2 is 0.917 bits per heavy atom. The standard InChI is InChI=1S/C14H28N6O2P2/c1-15(23(21,17-7-8-17)18-9-10-18)5-3-4-6-16(2)24(22,19-11-12-19)20-13-14-20/h3-4H,5-14H2,1-2H3. The lowest BCUT2D eigenvalue weighted by Gasteiger charge is -2.29. The quantitative estimate of drug-likeness (QED) is 0.317. The third-order valence-electron chi connectivity index (χ3n) is 4.96. The van der Waals surface area contributed by atoms with E-state index in [1.807, 2.05) is 23.4 Å². The van der Waals surface area contributed by atoms with Gasteiger partial charge in [-0.2, -0.15) is 0 Å².